The molecule has 6 heteroatoms. The lowest BCUT2D eigenvalue weighted by Crippen LogP contribution is -2.41. The fourth-order valence-corrected chi connectivity index (χ4v) is 3.38. The van der Waals surface area contributed by atoms with E-state index in [1.165, 1.54) is 18.0 Å². The minimum Gasteiger partial charge on any atom is -0.336 e. The Morgan fingerprint density at radius 2 is 2.35 bits per heavy atom. The van der Waals surface area contributed by atoms with Crippen LogP contribution < -0.4 is 5.32 Å². The summed E-state index contributed by atoms with van der Waals surface area (Å²) in [5, 5.41) is 7.58. The highest BCUT2D eigenvalue weighted by Gasteiger charge is 2.26. The van der Waals surface area contributed by atoms with Gasteiger partial charge in [-0.1, -0.05) is 25.3 Å². The number of hydrogen-bond acceptors (Lipinski definition) is 5. The van der Waals surface area contributed by atoms with Crippen molar-refractivity contribution in [3.05, 3.63) is 10.6 Å². The van der Waals surface area contributed by atoms with Crippen LogP contribution in [0.1, 0.15) is 61.3 Å². The predicted molar refractivity (Wildman–Crippen MR) is 81.2 cm³/mol. The van der Waals surface area contributed by atoms with Gasteiger partial charge in [-0.15, -0.1) is 5.10 Å². The van der Waals surface area contributed by atoms with Crippen LogP contribution in [-0.2, 0) is 0 Å². The van der Waals surface area contributed by atoms with Crippen molar-refractivity contribution in [3.63, 3.8) is 0 Å². The zero-order chi connectivity index (χ0) is 14.5. The van der Waals surface area contributed by atoms with Gasteiger partial charge >= 0.3 is 0 Å². The van der Waals surface area contributed by atoms with Crippen LogP contribution in [0.25, 0.3) is 0 Å². The number of nitrogens with one attached hydrogen (secondary N) is 1. The summed E-state index contributed by atoms with van der Waals surface area (Å²) in [5.74, 6) is 0.333. The van der Waals surface area contributed by atoms with Gasteiger partial charge in [-0.3, -0.25) is 4.79 Å². The average molecular weight is 296 g/mol. The molecular weight excluding hydrogens is 272 g/mol. The maximum absolute atomic E-state index is 12.7. The number of carbonyl (C=O) groups excluding carboxylic acids is 1. The van der Waals surface area contributed by atoms with E-state index in [-0.39, 0.29) is 11.8 Å². The molecule has 1 amide bonds. The first kappa shape index (κ1) is 15.4. The summed E-state index contributed by atoms with van der Waals surface area (Å²) in [5.41, 5.74) is 0.834. The van der Waals surface area contributed by atoms with E-state index in [4.69, 9.17) is 0 Å². The average Bonchev–Trinajstić information content (AvgIpc) is 3.08. The standard InChI is InChI=1S/C14H24N4OS/c1-4-8-18(9-11-6-5-7-15-11)14(19)13-12(10(2)3)16-17-20-13/h10-11,15H,4-9H2,1-3H3. The molecule has 0 radical (unpaired) electrons. The Morgan fingerprint density at radius 1 is 1.55 bits per heavy atom. The van der Waals surface area contributed by atoms with Gasteiger partial charge in [0.2, 0.25) is 0 Å². The van der Waals surface area contributed by atoms with Crippen LogP contribution in [0.4, 0.5) is 0 Å². The number of hydrogen-bond donors (Lipinski definition) is 1. The van der Waals surface area contributed by atoms with E-state index in [1.54, 1.807) is 0 Å². The van der Waals surface area contributed by atoms with Gasteiger partial charge in [-0.2, -0.15) is 0 Å². The summed E-state index contributed by atoms with van der Waals surface area (Å²) in [6.07, 6.45) is 3.34. The van der Waals surface area contributed by atoms with Crippen LogP contribution in [-0.4, -0.2) is 46.1 Å². The van der Waals surface area contributed by atoms with Gasteiger partial charge in [-0.05, 0) is 43.3 Å². The Kier molecular flexibility index (Phi) is 5.48. The molecule has 0 aliphatic carbocycles. The predicted octanol–water partition coefficient (Wildman–Crippen LogP) is 2.27. The van der Waals surface area contributed by atoms with E-state index in [1.807, 2.05) is 4.90 Å². The van der Waals surface area contributed by atoms with Gasteiger partial charge in [0, 0.05) is 19.1 Å². The van der Waals surface area contributed by atoms with E-state index in [0.29, 0.717) is 10.9 Å². The zero-order valence-corrected chi connectivity index (χ0v) is 13.4. The Bertz CT molecular complexity index is 440. The smallest absolute Gasteiger partial charge is 0.267 e. The molecule has 1 aromatic heterocycles. The second kappa shape index (κ2) is 7.13. The number of amides is 1. The van der Waals surface area contributed by atoms with E-state index in [0.717, 1.165) is 38.2 Å². The van der Waals surface area contributed by atoms with Crippen molar-refractivity contribution < 1.29 is 4.79 Å². The highest BCUT2D eigenvalue weighted by Crippen LogP contribution is 2.22. The third kappa shape index (κ3) is 3.55. The van der Waals surface area contributed by atoms with E-state index < -0.39 is 0 Å². The molecule has 0 saturated carbocycles. The molecule has 1 aliphatic heterocycles. The molecule has 0 bridgehead atoms. The van der Waals surface area contributed by atoms with Gasteiger partial charge in [0.05, 0.1) is 5.69 Å². The number of rotatable bonds is 6. The molecule has 1 atom stereocenters. The van der Waals surface area contributed by atoms with Gasteiger partial charge < -0.3 is 10.2 Å². The van der Waals surface area contributed by atoms with Crippen LogP contribution in [0.5, 0.6) is 0 Å². The van der Waals surface area contributed by atoms with Crippen LogP contribution >= 0.6 is 11.5 Å². The molecule has 2 rings (SSSR count). The third-order valence-electron chi connectivity index (χ3n) is 3.64. The molecule has 1 aliphatic rings. The lowest BCUT2D eigenvalue weighted by Gasteiger charge is -2.25. The number of nitrogens with zero attached hydrogens (tertiary/aromatic N) is 3. The molecule has 1 fully saturated rings. The van der Waals surface area contributed by atoms with Gasteiger partial charge in [0.1, 0.15) is 4.88 Å². The molecule has 20 heavy (non-hydrogen) atoms. The Hall–Kier alpha value is -1.01. The molecule has 2 heterocycles. The maximum atomic E-state index is 12.7. The molecule has 1 unspecified atom stereocenters. The maximum Gasteiger partial charge on any atom is 0.267 e. The van der Waals surface area contributed by atoms with Crippen LogP contribution in [0.2, 0.25) is 0 Å². The Balaban J connectivity index is 2.10. The molecule has 5 nitrogen and oxygen atoms in total. The summed E-state index contributed by atoms with van der Waals surface area (Å²) in [6, 6.07) is 0.439. The first-order valence-corrected chi connectivity index (χ1v) is 8.25. The highest BCUT2D eigenvalue weighted by molar-refractivity contribution is 7.08. The normalized spacial score (nSPS) is 18.7. The zero-order valence-electron chi connectivity index (χ0n) is 12.6. The third-order valence-corrected chi connectivity index (χ3v) is 4.37. The summed E-state index contributed by atoms with van der Waals surface area (Å²) < 4.78 is 3.97. The largest absolute Gasteiger partial charge is 0.336 e. The second-order valence-electron chi connectivity index (χ2n) is 5.69. The first-order chi connectivity index (χ1) is 9.63. The fourth-order valence-electron chi connectivity index (χ4n) is 2.59. The van der Waals surface area contributed by atoms with Gasteiger partial charge in [0.25, 0.3) is 5.91 Å². The van der Waals surface area contributed by atoms with Gasteiger partial charge in [-0.25, -0.2) is 0 Å². The highest BCUT2D eigenvalue weighted by atomic mass is 32.1. The van der Waals surface area contributed by atoms with Crippen LogP contribution in [0.3, 0.4) is 0 Å². The quantitative estimate of drug-likeness (QED) is 0.875. The van der Waals surface area contributed by atoms with Crippen molar-refractivity contribution >= 4 is 17.4 Å². The molecular formula is C14H24N4OS. The van der Waals surface area contributed by atoms with E-state index >= 15 is 0 Å². The van der Waals surface area contributed by atoms with Crippen molar-refractivity contribution in [2.24, 2.45) is 0 Å². The Morgan fingerprint density at radius 3 is 2.95 bits per heavy atom. The molecule has 1 N–H and O–H groups in total. The topological polar surface area (TPSA) is 58.1 Å². The first-order valence-electron chi connectivity index (χ1n) is 7.48. The van der Waals surface area contributed by atoms with Crippen molar-refractivity contribution in [1.82, 2.24) is 19.8 Å². The monoisotopic (exact) mass is 296 g/mol. The SMILES string of the molecule is CCCN(CC1CCCN1)C(=O)c1snnc1C(C)C. The molecule has 112 valence electrons. The second-order valence-corrected chi connectivity index (χ2v) is 6.44. The van der Waals surface area contributed by atoms with E-state index in [2.05, 4.69) is 35.7 Å². The minimum atomic E-state index is 0.0965. The lowest BCUT2D eigenvalue weighted by molar-refractivity contribution is 0.0745. The molecule has 0 spiro atoms. The lowest BCUT2D eigenvalue weighted by atomic mass is 10.1. The van der Waals surface area contributed by atoms with E-state index in [9.17, 15) is 4.79 Å². The minimum absolute atomic E-state index is 0.0965. The number of carbonyl (C=O) groups is 1. The molecule has 1 aromatic rings. The summed E-state index contributed by atoms with van der Waals surface area (Å²) in [6.45, 7) is 8.87. The Labute approximate surface area is 124 Å². The summed E-state index contributed by atoms with van der Waals surface area (Å²) in [4.78, 5) is 15.4. The summed E-state index contributed by atoms with van der Waals surface area (Å²) >= 11 is 1.23. The van der Waals surface area contributed by atoms with Crippen molar-refractivity contribution in [2.75, 3.05) is 19.6 Å². The fraction of sp³-hybridized carbons (Fsp3) is 0.786. The van der Waals surface area contributed by atoms with Gasteiger partial charge in [0.15, 0.2) is 0 Å². The van der Waals surface area contributed by atoms with Crippen LogP contribution in [0.15, 0.2) is 0 Å². The van der Waals surface area contributed by atoms with Crippen molar-refractivity contribution in [1.29, 1.82) is 0 Å². The van der Waals surface area contributed by atoms with Crippen LogP contribution in [0, 0.1) is 0 Å². The van der Waals surface area contributed by atoms with Crippen molar-refractivity contribution in [2.45, 2.75) is 52.0 Å². The number of aromatic nitrogens is 2. The molecule has 0 aromatic carbocycles. The molecule has 1 saturated heterocycles. The summed E-state index contributed by atoms with van der Waals surface area (Å²) in [7, 11) is 0. The van der Waals surface area contributed by atoms with Crippen molar-refractivity contribution in [3.8, 4) is 0 Å².